The average molecular weight is 379 g/mol. The summed E-state index contributed by atoms with van der Waals surface area (Å²) in [7, 11) is 0. The van der Waals surface area contributed by atoms with Gasteiger partial charge in [-0.1, -0.05) is 12.1 Å². The van der Waals surface area contributed by atoms with E-state index in [9.17, 15) is 22.8 Å². The van der Waals surface area contributed by atoms with E-state index in [-0.39, 0.29) is 24.1 Å². The molecule has 1 aliphatic carbocycles. The van der Waals surface area contributed by atoms with E-state index in [1.807, 2.05) is 0 Å². The largest absolute Gasteiger partial charge is 0.573 e. The van der Waals surface area contributed by atoms with Crippen LogP contribution < -0.4 is 15.4 Å². The third kappa shape index (κ3) is 5.70. The number of rotatable bonds is 6. The summed E-state index contributed by atoms with van der Waals surface area (Å²) in [6, 6.07) is 8.17. The molecule has 2 N–H and O–H groups in total. The number of hydrogen-bond donors (Lipinski definition) is 2. The fourth-order valence-corrected chi connectivity index (χ4v) is 2.31. The van der Waals surface area contributed by atoms with E-state index >= 15 is 0 Å². The predicted molar refractivity (Wildman–Crippen MR) is 89.9 cm³/mol. The fourth-order valence-electron chi connectivity index (χ4n) is 2.31. The van der Waals surface area contributed by atoms with Gasteiger partial charge in [0.05, 0.1) is 0 Å². The molecule has 3 rings (SSSR count). The number of nitrogens with zero attached hydrogens (tertiary/aromatic N) is 1. The zero-order valence-corrected chi connectivity index (χ0v) is 14.0. The van der Waals surface area contributed by atoms with Gasteiger partial charge in [0.2, 0.25) is 5.91 Å². The van der Waals surface area contributed by atoms with E-state index < -0.39 is 12.3 Å². The van der Waals surface area contributed by atoms with Crippen molar-refractivity contribution in [2.45, 2.75) is 25.7 Å². The Balaban J connectivity index is 1.55. The van der Waals surface area contributed by atoms with E-state index in [4.69, 9.17) is 0 Å². The fraction of sp³-hybridized carbons (Fsp3) is 0.278. The van der Waals surface area contributed by atoms with Crippen molar-refractivity contribution in [3.63, 3.8) is 0 Å². The van der Waals surface area contributed by atoms with Crippen LogP contribution in [0.4, 0.5) is 19.0 Å². The van der Waals surface area contributed by atoms with Crippen molar-refractivity contribution in [3.8, 4) is 5.75 Å². The quantitative estimate of drug-likeness (QED) is 0.807. The van der Waals surface area contributed by atoms with Crippen LogP contribution in [0.15, 0.2) is 42.6 Å². The zero-order valence-electron chi connectivity index (χ0n) is 14.0. The summed E-state index contributed by atoms with van der Waals surface area (Å²) < 4.78 is 40.2. The number of amides is 2. The van der Waals surface area contributed by atoms with Gasteiger partial charge in [0.25, 0.3) is 5.91 Å². The van der Waals surface area contributed by atoms with Gasteiger partial charge in [-0.25, -0.2) is 4.98 Å². The van der Waals surface area contributed by atoms with Crippen molar-refractivity contribution in [3.05, 3.63) is 53.7 Å². The Morgan fingerprint density at radius 2 is 1.85 bits per heavy atom. The van der Waals surface area contributed by atoms with Crippen LogP contribution in [0.2, 0.25) is 0 Å². The summed E-state index contributed by atoms with van der Waals surface area (Å²) in [6.07, 6.45) is -1.61. The second kappa shape index (κ2) is 7.65. The molecule has 0 bridgehead atoms. The molecule has 142 valence electrons. The van der Waals surface area contributed by atoms with Gasteiger partial charge in [0.15, 0.2) is 0 Å². The van der Waals surface area contributed by atoms with E-state index in [1.54, 1.807) is 0 Å². The molecule has 0 saturated heterocycles. The van der Waals surface area contributed by atoms with Gasteiger partial charge in [0.1, 0.15) is 11.6 Å². The number of carbonyl (C=O) groups is 2. The lowest BCUT2D eigenvalue weighted by molar-refractivity contribution is -0.274. The molecular weight excluding hydrogens is 363 g/mol. The molecule has 0 unspecified atom stereocenters. The first-order valence-corrected chi connectivity index (χ1v) is 8.20. The van der Waals surface area contributed by atoms with E-state index in [0.29, 0.717) is 16.9 Å². The number of aromatic nitrogens is 1. The van der Waals surface area contributed by atoms with Gasteiger partial charge < -0.3 is 15.4 Å². The Kier molecular flexibility index (Phi) is 5.29. The normalized spacial score (nSPS) is 13.7. The van der Waals surface area contributed by atoms with Gasteiger partial charge in [-0.2, -0.15) is 0 Å². The molecule has 6 nitrogen and oxygen atoms in total. The van der Waals surface area contributed by atoms with Crippen LogP contribution in [-0.4, -0.2) is 23.2 Å². The summed E-state index contributed by atoms with van der Waals surface area (Å²) in [6.45, 7) is 0.122. The third-order valence-electron chi connectivity index (χ3n) is 3.83. The smallest absolute Gasteiger partial charge is 0.406 e. The molecule has 0 aliphatic heterocycles. The predicted octanol–water partition coefficient (Wildman–Crippen LogP) is 3.26. The van der Waals surface area contributed by atoms with E-state index in [1.165, 1.54) is 42.6 Å². The van der Waals surface area contributed by atoms with Gasteiger partial charge in [-0.3, -0.25) is 9.59 Å². The standard InChI is InChI=1S/C18H16F3N3O3/c19-18(20,21)27-14-5-1-11(2-6-14)10-23-16(25)13-7-8-22-15(9-13)24-17(26)12-3-4-12/h1-2,5-9,12H,3-4,10H2,(H,23,25)(H,22,24,26). The number of alkyl halides is 3. The van der Waals surface area contributed by atoms with Gasteiger partial charge >= 0.3 is 6.36 Å². The molecule has 1 fully saturated rings. The Hall–Kier alpha value is -3.10. The first-order chi connectivity index (χ1) is 12.8. The minimum absolute atomic E-state index is 0.0218. The maximum atomic E-state index is 12.2. The van der Waals surface area contributed by atoms with Gasteiger partial charge in [-0.15, -0.1) is 13.2 Å². The van der Waals surface area contributed by atoms with Crippen molar-refractivity contribution in [1.29, 1.82) is 0 Å². The molecule has 0 atom stereocenters. The van der Waals surface area contributed by atoms with Crippen molar-refractivity contribution in [2.75, 3.05) is 5.32 Å². The molecule has 1 heterocycles. The molecular formula is C18H16F3N3O3. The summed E-state index contributed by atoms with van der Waals surface area (Å²) in [5, 5.41) is 5.32. The topological polar surface area (TPSA) is 80.3 Å². The highest BCUT2D eigenvalue weighted by molar-refractivity contribution is 5.97. The molecule has 2 aromatic rings. The molecule has 1 aromatic heterocycles. The molecule has 1 aliphatic rings. The molecule has 9 heteroatoms. The van der Waals surface area contributed by atoms with Crippen LogP contribution in [-0.2, 0) is 11.3 Å². The highest BCUT2D eigenvalue weighted by Crippen LogP contribution is 2.30. The Morgan fingerprint density at radius 3 is 2.48 bits per heavy atom. The summed E-state index contributed by atoms with van der Waals surface area (Å²) >= 11 is 0. The number of hydrogen-bond acceptors (Lipinski definition) is 4. The first-order valence-electron chi connectivity index (χ1n) is 8.20. The molecule has 1 aromatic carbocycles. The highest BCUT2D eigenvalue weighted by Gasteiger charge is 2.31. The van der Waals surface area contributed by atoms with Crippen molar-refractivity contribution < 1.29 is 27.5 Å². The lowest BCUT2D eigenvalue weighted by atomic mass is 10.2. The van der Waals surface area contributed by atoms with Crippen LogP contribution in [0, 0.1) is 5.92 Å². The molecule has 0 radical (unpaired) electrons. The van der Waals surface area contributed by atoms with Crippen LogP contribution >= 0.6 is 0 Å². The minimum Gasteiger partial charge on any atom is -0.406 e. The summed E-state index contributed by atoms with van der Waals surface area (Å²) in [5.41, 5.74) is 0.919. The monoisotopic (exact) mass is 379 g/mol. The molecule has 2 amide bonds. The molecule has 0 spiro atoms. The molecule has 1 saturated carbocycles. The highest BCUT2D eigenvalue weighted by atomic mass is 19.4. The lowest BCUT2D eigenvalue weighted by Crippen LogP contribution is -2.23. The number of halogens is 3. The second-order valence-electron chi connectivity index (χ2n) is 6.07. The number of anilines is 1. The maximum Gasteiger partial charge on any atom is 0.573 e. The SMILES string of the molecule is O=C(NCc1ccc(OC(F)(F)F)cc1)c1ccnc(NC(=O)C2CC2)c1. The van der Waals surface area contributed by atoms with Crippen LogP contribution in [0.1, 0.15) is 28.8 Å². The maximum absolute atomic E-state index is 12.2. The Bertz CT molecular complexity index is 834. The Morgan fingerprint density at radius 1 is 1.15 bits per heavy atom. The van der Waals surface area contributed by atoms with Crippen LogP contribution in [0.25, 0.3) is 0 Å². The second-order valence-corrected chi connectivity index (χ2v) is 6.07. The average Bonchev–Trinajstić information content (AvgIpc) is 3.45. The van der Waals surface area contributed by atoms with Crippen molar-refractivity contribution in [1.82, 2.24) is 10.3 Å². The number of pyridine rings is 1. The summed E-state index contributed by atoms with van der Waals surface area (Å²) in [4.78, 5) is 28.0. The van der Waals surface area contributed by atoms with Crippen molar-refractivity contribution >= 4 is 17.6 Å². The third-order valence-corrected chi connectivity index (χ3v) is 3.83. The molecule has 27 heavy (non-hydrogen) atoms. The van der Waals surface area contributed by atoms with E-state index in [0.717, 1.165) is 12.8 Å². The van der Waals surface area contributed by atoms with Gasteiger partial charge in [-0.05, 0) is 42.7 Å². The lowest BCUT2D eigenvalue weighted by Gasteiger charge is -2.10. The zero-order chi connectivity index (χ0) is 19.4. The number of carbonyl (C=O) groups excluding carboxylic acids is 2. The number of benzene rings is 1. The van der Waals surface area contributed by atoms with Crippen molar-refractivity contribution in [2.24, 2.45) is 5.92 Å². The Labute approximate surface area is 152 Å². The van der Waals surface area contributed by atoms with Gasteiger partial charge in [0, 0.05) is 24.2 Å². The van der Waals surface area contributed by atoms with Crippen LogP contribution in [0.3, 0.4) is 0 Å². The first kappa shape index (κ1) is 18.7. The van der Waals surface area contributed by atoms with Crippen LogP contribution in [0.5, 0.6) is 5.75 Å². The minimum atomic E-state index is -4.75. The summed E-state index contributed by atoms with van der Waals surface area (Å²) in [5.74, 6) is -0.513. The number of nitrogens with one attached hydrogen (secondary N) is 2. The van der Waals surface area contributed by atoms with E-state index in [2.05, 4.69) is 20.4 Å². The number of ether oxygens (including phenoxy) is 1.